The Morgan fingerprint density at radius 2 is 1.63 bits per heavy atom. The molecule has 1 aromatic heterocycles. The van der Waals surface area contributed by atoms with Gasteiger partial charge in [-0.15, -0.1) is 11.3 Å². The molecule has 1 unspecified atom stereocenters. The first kappa shape index (κ1) is 32.3. The number of carbonyl (C=O) groups is 3. The van der Waals surface area contributed by atoms with E-state index in [2.05, 4.69) is 51.2 Å². The predicted molar refractivity (Wildman–Crippen MR) is 170 cm³/mol. The SMILES string of the molecule is COC(=O)c1sc(-c2cccc(C3CC(C)(C)CC(C)(C)C3)c2)c(C)c1OCC(=O)NC(Cc1ccccc1)C(=O)OC. The summed E-state index contributed by atoms with van der Waals surface area (Å²) >= 11 is 1.30. The van der Waals surface area contributed by atoms with Crippen molar-refractivity contribution in [3.05, 3.63) is 76.2 Å². The van der Waals surface area contributed by atoms with Gasteiger partial charge >= 0.3 is 11.9 Å². The van der Waals surface area contributed by atoms with Crippen LogP contribution in [0.25, 0.3) is 10.4 Å². The highest BCUT2D eigenvalue weighted by Crippen LogP contribution is 2.52. The molecule has 2 aromatic carbocycles. The summed E-state index contributed by atoms with van der Waals surface area (Å²) in [4.78, 5) is 39.3. The molecule has 0 saturated heterocycles. The molecule has 8 heteroatoms. The van der Waals surface area contributed by atoms with Crippen molar-refractivity contribution in [3.8, 4) is 16.2 Å². The Balaban J connectivity index is 1.56. The molecule has 1 saturated carbocycles. The van der Waals surface area contributed by atoms with Gasteiger partial charge in [-0.3, -0.25) is 4.79 Å². The highest BCUT2D eigenvalue weighted by Gasteiger charge is 2.39. The maximum Gasteiger partial charge on any atom is 0.351 e. The molecule has 0 aliphatic heterocycles. The summed E-state index contributed by atoms with van der Waals surface area (Å²) in [5.74, 6) is -0.828. The minimum atomic E-state index is -0.875. The van der Waals surface area contributed by atoms with E-state index >= 15 is 0 Å². The van der Waals surface area contributed by atoms with Gasteiger partial charge in [0.05, 0.1) is 14.2 Å². The number of thiophene rings is 1. The van der Waals surface area contributed by atoms with Gasteiger partial charge < -0.3 is 19.5 Å². The average Bonchev–Trinajstić information content (AvgIpc) is 3.29. The van der Waals surface area contributed by atoms with E-state index in [9.17, 15) is 14.4 Å². The van der Waals surface area contributed by atoms with Crippen molar-refractivity contribution < 1.29 is 28.6 Å². The summed E-state index contributed by atoms with van der Waals surface area (Å²) < 4.78 is 15.9. The van der Waals surface area contributed by atoms with Gasteiger partial charge in [0.1, 0.15) is 11.8 Å². The molecule has 0 radical (unpaired) electrons. The largest absolute Gasteiger partial charge is 0.482 e. The van der Waals surface area contributed by atoms with Crippen LogP contribution in [0.3, 0.4) is 0 Å². The minimum Gasteiger partial charge on any atom is -0.482 e. The van der Waals surface area contributed by atoms with E-state index in [1.54, 1.807) is 0 Å². The molecule has 1 heterocycles. The molecular formula is C35H43NO6S. The fourth-order valence-electron chi connectivity index (χ4n) is 6.75. The number of hydrogen-bond donors (Lipinski definition) is 1. The first-order valence-corrected chi connectivity index (χ1v) is 15.5. The van der Waals surface area contributed by atoms with Crippen LogP contribution in [0.15, 0.2) is 54.6 Å². The van der Waals surface area contributed by atoms with E-state index in [0.717, 1.165) is 34.4 Å². The van der Waals surface area contributed by atoms with Crippen LogP contribution in [0, 0.1) is 17.8 Å². The van der Waals surface area contributed by atoms with E-state index in [1.165, 1.54) is 37.5 Å². The second-order valence-electron chi connectivity index (χ2n) is 13.1. The summed E-state index contributed by atoms with van der Waals surface area (Å²) in [5, 5.41) is 2.71. The van der Waals surface area contributed by atoms with E-state index in [-0.39, 0.29) is 23.9 Å². The third-order valence-electron chi connectivity index (χ3n) is 8.09. The molecule has 3 aromatic rings. The lowest BCUT2D eigenvalue weighted by Gasteiger charge is -2.45. The molecule has 43 heavy (non-hydrogen) atoms. The maximum absolute atomic E-state index is 12.9. The van der Waals surface area contributed by atoms with E-state index < -0.39 is 23.9 Å². The Hall–Kier alpha value is -3.65. The smallest absolute Gasteiger partial charge is 0.351 e. The Kier molecular flexibility index (Phi) is 10.0. The zero-order valence-corrected chi connectivity index (χ0v) is 27.1. The lowest BCUT2D eigenvalue weighted by molar-refractivity contribution is -0.145. The predicted octanol–water partition coefficient (Wildman–Crippen LogP) is 7.11. The monoisotopic (exact) mass is 605 g/mol. The van der Waals surface area contributed by atoms with Gasteiger partial charge in [0, 0.05) is 16.9 Å². The number of methoxy groups -OCH3 is 2. The maximum atomic E-state index is 12.9. The molecule has 4 rings (SSSR count). The normalized spacial score (nSPS) is 16.6. The molecule has 1 aliphatic carbocycles. The number of carbonyl (C=O) groups excluding carboxylic acids is 3. The van der Waals surface area contributed by atoms with E-state index in [0.29, 0.717) is 16.5 Å². The first-order chi connectivity index (χ1) is 20.3. The highest BCUT2D eigenvalue weighted by atomic mass is 32.1. The molecule has 1 fully saturated rings. The zero-order valence-electron chi connectivity index (χ0n) is 26.2. The van der Waals surface area contributed by atoms with Crippen molar-refractivity contribution >= 4 is 29.2 Å². The molecular weight excluding hydrogens is 562 g/mol. The molecule has 230 valence electrons. The number of amides is 1. The van der Waals surface area contributed by atoms with Crippen molar-refractivity contribution in [2.45, 2.75) is 72.3 Å². The van der Waals surface area contributed by atoms with Gasteiger partial charge in [-0.2, -0.15) is 0 Å². The number of rotatable bonds is 10. The number of benzene rings is 2. The molecule has 0 bridgehead atoms. The topological polar surface area (TPSA) is 90.9 Å². The van der Waals surface area contributed by atoms with Crippen LogP contribution in [0.5, 0.6) is 5.75 Å². The van der Waals surface area contributed by atoms with Gasteiger partial charge in [0.25, 0.3) is 5.91 Å². The van der Waals surface area contributed by atoms with Crippen molar-refractivity contribution in [1.82, 2.24) is 5.32 Å². The van der Waals surface area contributed by atoms with Crippen LogP contribution in [-0.2, 0) is 25.5 Å². The van der Waals surface area contributed by atoms with Crippen molar-refractivity contribution in [2.24, 2.45) is 10.8 Å². The molecule has 7 nitrogen and oxygen atoms in total. The lowest BCUT2D eigenvalue weighted by atomic mass is 9.60. The summed E-state index contributed by atoms with van der Waals surface area (Å²) in [5.41, 5.74) is 4.45. The fraction of sp³-hybridized carbons (Fsp3) is 0.457. The van der Waals surface area contributed by atoms with E-state index in [1.807, 2.05) is 43.3 Å². The quantitative estimate of drug-likeness (QED) is 0.248. The second-order valence-corrected chi connectivity index (χ2v) is 14.1. The zero-order chi connectivity index (χ0) is 31.4. The summed E-state index contributed by atoms with van der Waals surface area (Å²) in [6.45, 7) is 10.9. The summed E-state index contributed by atoms with van der Waals surface area (Å²) in [6, 6.07) is 17.0. The second kappa shape index (κ2) is 13.3. The molecule has 1 aliphatic rings. The Bertz CT molecular complexity index is 1440. The van der Waals surface area contributed by atoms with Crippen LogP contribution in [-0.4, -0.2) is 44.7 Å². The van der Waals surface area contributed by atoms with Crippen molar-refractivity contribution in [2.75, 3.05) is 20.8 Å². The standard InChI is InChI=1S/C35H43NO6S/c1-22-29(42-20-28(37)36-27(32(38)40-6)16-23-12-9-8-10-13-23)31(33(39)41-7)43-30(22)25-15-11-14-24(17-25)26-18-34(2,3)21-35(4,5)19-26/h8-15,17,26-27H,16,18-21H2,1-7H3,(H,36,37). The van der Waals surface area contributed by atoms with Gasteiger partial charge in [-0.1, -0.05) is 82.3 Å². The van der Waals surface area contributed by atoms with Crippen LogP contribution < -0.4 is 10.1 Å². The molecule has 1 N–H and O–H groups in total. The molecule has 0 spiro atoms. The van der Waals surface area contributed by atoms with Gasteiger partial charge in [-0.05, 0) is 59.6 Å². The minimum absolute atomic E-state index is 0.259. The van der Waals surface area contributed by atoms with Crippen LogP contribution in [0.2, 0.25) is 0 Å². The Morgan fingerprint density at radius 3 is 2.26 bits per heavy atom. The lowest BCUT2D eigenvalue weighted by Crippen LogP contribution is -2.45. The number of ether oxygens (including phenoxy) is 3. The summed E-state index contributed by atoms with van der Waals surface area (Å²) in [7, 11) is 2.61. The van der Waals surface area contributed by atoms with Crippen molar-refractivity contribution in [1.29, 1.82) is 0 Å². The third-order valence-corrected chi connectivity index (χ3v) is 9.39. The van der Waals surface area contributed by atoms with Crippen molar-refractivity contribution in [3.63, 3.8) is 0 Å². The highest BCUT2D eigenvalue weighted by molar-refractivity contribution is 7.18. The number of nitrogens with one attached hydrogen (secondary N) is 1. The Labute approximate surface area is 258 Å². The van der Waals surface area contributed by atoms with Crippen LogP contribution in [0.4, 0.5) is 0 Å². The molecule has 1 atom stereocenters. The number of hydrogen-bond acceptors (Lipinski definition) is 7. The first-order valence-electron chi connectivity index (χ1n) is 14.7. The number of esters is 2. The average molecular weight is 606 g/mol. The van der Waals surface area contributed by atoms with E-state index in [4.69, 9.17) is 14.2 Å². The molecule has 1 amide bonds. The third kappa shape index (κ3) is 8.05. The van der Waals surface area contributed by atoms with Gasteiger partial charge in [0.15, 0.2) is 11.5 Å². The fourth-order valence-corrected chi connectivity index (χ4v) is 7.92. The van der Waals surface area contributed by atoms with Gasteiger partial charge in [-0.25, -0.2) is 9.59 Å². The van der Waals surface area contributed by atoms with Gasteiger partial charge in [0.2, 0.25) is 0 Å². The Morgan fingerprint density at radius 1 is 0.953 bits per heavy atom. The summed E-state index contributed by atoms with van der Waals surface area (Å²) in [6.07, 6.45) is 3.72. The van der Waals surface area contributed by atoms with Crippen LogP contribution >= 0.6 is 11.3 Å². The van der Waals surface area contributed by atoms with Crippen LogP contribution in [0.1, 0.15) is 79.2 Å².